The lowest BCUT2D eigenvalue weighted by molar-refractivity contribution is -0.147. The summed E-state index contributed by atoms with van der Waals surface area (Å²) in [5.74, 6) is -5.50. The zero-order chi connectivity index (χ0) is 25.9. The van der Waals surface area contributed by atoms with E-state index in [2.05, 4.69) is 16.0 Å². The van der Waals surface area contributed by atoms with Gasteiger partial charge in [-0.1, -0.05) is 60.8 Å². The van der Waals surface area contributed by atoms with Gasteiger partial charge in [-0.2, -0.15) is 0 Å². The largest absolute Gasteiger partial charge is 0.481 e. The fourth-order valence-corrected chi connectivity index (χ4v) is 3.04. The summed E-state index contributed by atoms with van der Waals surface area (Å²) < 4.78 is 0. The van der Waals surface area contributed by atoms with E-state index in [1.165, 1.54) is 0 Å². The second-order valence-electron chi connectivity index (χ2n) is 8.65. The first-order valence-electron chi connectivity index (χ1n) is 11.4. The number of carbonyl (C=O) groups excluding carboxylic acids is 3. The zero-order valence-electron chi connectivity index (χ0n) is 20.4. The van der Waals surface area contributed by atoms with Crippen LogP contribution >= 0.6 is 0 Å². The van der Waals surface area contributed by atoms with E-state index in [1.54, 1.807) is 20.8 Å². The topological polar surface area (TPSA) is 188 Å². The Morgan fingerprint density at radius 3 is 1.45 bits per heavy atom. The van der Waals surface area contributed by atoms with Crippen molar-refractivity contribution in [3.8, 4) is 0 Å². The van der Waals surface area contributed by atoms with Crippen LogP contribution in [0.2, 0.25) is 0 Å². The molecule has 7 N–H and O–H groups in total. The van der Waals surface area contributed by atoms with Crippen LogP contribution in [0.4, 0.5) is 0 Å². The first-order chi connectivity index (χ1) is 15.3. The molecule has 0 radical (unpaired) electrons. The maximum atomic E-state index is 13.1. The smallest absolute Gasteiger partial charge is 0.326 e. The molecule has 3 amide bonds. The van der Waals surface area contributed by atoms with Gasteiger partial charge in [0.1, 0.15) is 18.1 Å². The number of hydrogen-bond donors (Lipinski definition) is 6. The molecule has 0 unspecified atom stereocenters. The first-order valence-corrected chi connectivity index (χ1v) is 11.4. The molecule has 0 rings (SSSR count). The maximum absolute atomic E-state index is 13.1. The highest BCUT2D eigenvalue weighted by Gasteiger charge is 2.35. The van der Waals surface area contributed by atoms with E-state index in [9.17, 15) is 29.1 Å². The number of nitrogens with two attached hydrogens (primary N) is 1. The molecule has 7 atom stereocenters. The summed E-state index contributed by atoms with van der Waals surface area (Å²) in [7, 11) is 0. The summed E-state index contributed by atoms with van der Waals surface area (Å²) >= 11 is 0. The summed E-state index contributed by atoms with van der Waals surface area (Å²) in [6.45, 7) is 10.9. The Kier molecular flexibility index (Phi) is 13.3. The molecule has 0 saturated heterocycles. The Morgan fingerprint density at radius 2 is 1.09 bits per heavy atom. The van der Waals surface area contributed by atoms with E-state index in [0.717, 1.165) is 0 Å². The van der Waals surface area contributed by atoms with Gasteiger partial charge >= 0.3 is 11.9 Å². The Morgan fingerprint density at radius 1 is 0.697 bits per heavy atom. The molecular formula is C22H40N4O7. The van der Waals surface area contributed by atoms with Crippen molar-refractivity contribution in [1.82, 2.24) is 16.0 Å². The van der Waals surface area contributed by atoms with Gasteiger partial charge < -0.3 is 31.9 Å². The molecule has 0 spiro atoms. The molecule has 190 valence electrons. The summed E-state index contributed by atoms with van der Waals surface area (Å²) in [5.41, 5.74) is 5.99. The molecule has 33 heavy (non-hydrogen) atoms. The lowest BCUT2D eigenvalue weighted by Gasteiger charge is -2.30. The molecule has 0 aliphatic rings. The molecule has 11 heteroatoms. The van der Waals surface area contributed by atoms with Gasteiger partial charge in [-0.25, -0.2) is 4.79 Å². The van der Waals surface area contributed by atoms with Crippen LogP contribution in [-0.4, -0.2) is 64.0 Å². The minimum absolute atomic E-state index is 0.0912. The number of nitrogens with one attached hydrogen (secondary N) is 3. The number of hydrogen-bond acceptors (Lipinski definition) is 6. The lowest BCUT2D eigenvalue weighted by atomic mass is 9.93. The highest BCUT2D eigenvalue weighted by molar-refractivity contribution is 5.95. The van der Waals surface area contributed by atoms with E-state index in [4.69, 9.17) is 10.8 Å². The minimum atomic E-state index is -1.64. The monoisotopic (exact) mass is 472 g/mol. The number of amides is 3. The average Bonchev–Trinajstić information content (AvgIpc) is 2.77. The molecule has 0 aliphatic heterocycles. The van der Waals surface area contributed by atoms with Crippen LogP contribution in [0.3, 0.4) is 0 Å². The van der Waals surface area contributed by atoms with Crippen LogP contribution in [0.1, 0.15) is 67.2 Å². The van der Waals surface area contributed by atoms with Crippen molar-refractivity contribution in [3.63, 3.8) is 0 Å². The molecule has 0 aromatic rings. The number of rotatable bonds is 15. The van der Waals surface area contributed by atoms with Gasteiger partial charge in [-0.05, 0) is 17.8 Å². The normalized spacial score (nSPS) is 17.4. The standard InChI is InChI=1S/C22H40N4O7/c1-7-11(4)16(23)19(29)25-18(13(6)9-3)21(31)26-17(12(5)8-2)20(30)24-14(22(32)33)10-15(27)28/h11-14,16-18H,7-10,23H2,1-6H3,(H,24,30)(H,25,29)(H,26,31)(H,27,28)(H,32,33)/t11-,12-,13-,14-,16-,17-,18-/m0/s1. The number of carboxylic acid groups (broad SMARTS) is 2. The summed E-state index contributed by atoms with van der Waals surface area (Å²) in [6.07, 6.45) is 0.929. The summed E-state index contributed by atoms with van der Waals surface area (Å²) in [4.78, 5) is 60.8. The van der Waals surface area contributed by atoms with Crippen molar-refractivity contribution in [2.45, 2.75) is 91.4 Å². The van der Waals surface area contributed by atoms with Crippen LogP contribution in [0.5, 0.6) is 0 Å². The quantitative estimate of drug-likeness (QED) is 0.198. The van der Waals surface area contributed by atoms with E-state index in [-0.39, 0.29) is 17.8 Å². The molecule has 0 aromatic heterocycles. The number of carboxylic acids is 2. The van der Waals surface area contributed by atoms with E-state index >= 15 is 0 Å². The van der Waals surface area contributed by atoms with E-state index in [0.29, 0.717) is 19.3 Å². The molecule has 0 heterocycles. The minimum Gasteiger partial charge on any atom is -0.481 e. The molecule has 0 aromatic carbocycles. The van der Waals surface area contributed by atoms with Crippen molar-refractivity contribution in [1.29, 1.82) is 0 Å². The third kappa shape index (κ3) is 9.77. The lowest BCUT2D eigenvalue weighted by Crippen LogP contribution is -2.60. The van der Waals surface area contributed by atoms with Crippen LogP contribution in [0.15, 0.2) is 0 Å². The Hall–Kier alpha value is -2.69. The second-order valence-corrected chi connectivity index (χ2v) is 8.65. The highest BCUT2D eigenvalue weighted by atomic mass is 16.4. The van der Waals surface area contributed by atoms with Crippen molar-refractivity contribution in [2.24, 2.45) is 23.5 Å². The van der Waals surface area contributed by atoms with Gasteiger partial charge in [0, 0.05) is 0 Å². The number of aliphatic carboxylic acids is 2. The van der Waals surface area contributed by atoms with E-state index < -0.39 is 60.2 Å². The van der Waals surface area contributed by atoms with Crippen LogP contribution in [-0.2, 0) is 24.0 Å². The second kappa shape index (κ2) is 14.5. The molecule has 0 aliphatic carbocycles. The van der Waals surface area contributed by atoms with Crippen LogP contribution < -0.4 is 21.7 Å². The van der Waals surface area contributed by atoms with Crippen LogP contribution in [0, 0.1) is 17.8 Å². The molecule has 0 saturated carbocycles. The highest BCUT2D eigenvalue weighted by Crippen LogP contribution is 2.14. The van der Waals surface area contributed by atoms with E-state index in [1.807, 2.05) is 20.8 Å². The Labute approximate surface area is 195 Å². The Balaban J connectivity index is 5.67. The summed E-state index contributed by atoms with van der Waals surface area (Å²) in [5, 5.41) is 25.6. The number of carbonyl (C=O) groups is 5. The van der Waals surface area contributed by atoms with Crippen LogP contribution in [0.25, 0.3) is 0 Å². The van der Waals surface area contributed by atoms with Gasteiger partial charge in [0.15, 0.2) is 0 Å². The van der Waals surface area contributed by atoms with Gasteiger partial charge in [0.05, 0.1) is 12.5 Å². The molecular weight excluding hydrogens is 432 g/mol. The van der Waals surface area contributed by atoms with Gasteiger partial charge in [0.25, 0.3) is 0 Å². The molecule has 0 fully saturated rings. The van der Waals surface area contributed by atoms with Gasteiger partial charge in [0.2, 0.25) is 17.7 Å². The first kappa shape index (κ1) is 30.3. The van der Waals surface area contributed by atoms with Crippen molar-refractivity contribution in [2.75, 3.05) is 0 Å². The van der Waals surface area contributed by atoms with Crippen molar-refractivity contribution >= 4 is 29.7 Å². The Bertz CT molecular complexity index is 700. The maximum Gasteiger partial charge on any atom is 0.326 e. The summed E-state index contributed by atoms with van der Waals surface area (Å²) in [6, 6.07) is -4.51. The zero-order valence-corrected chi connectivity index (χ0v) is 20.4. The van der Waals surface area contributed by atoms with Crippen molar-refractivity contribution in [3.05, 3.63) is 0 Å². The van der Waals surface area contributed by atoms with Crippen molar-refractivity contribution < 1.29 is 34.2 Å². The third-order valence-corrected chi connectivity index (χ3v) is 6.14. The fourth-order valence-electron chi connectivity index (χ4n) is 3.04. The average molecular weight is 473 g/mol. The van der Waals surface area contributed by atoms with Gasteiger partial charge in [-0.3, -0.25) is 19.2 Å². The third-order valence-electron chi connectivity index (χ3n) is 6.14. The fraction of sp³-hybridized carbons (Fsp3) is 0.773. The predicted octanol–water partition coefficient (Wildman–Crippen LogP) is 0.466. The predicted molar refractivity (Wildman–Crippen MR) is 122 cm³/mol. The molecule has 0 bridgehead atoms. The molecule has 11 nitrogen and oxygen atoms in total. The van der Waals surface area contributed by atoms with Gasteiger partial charge in [-0.15, -0.1) is 0 Å². The SMILES string of the molecule is CC[C@H](C)[C@H](N)C(=O)N[C@H](C(=O)N[C@H](C(=O)N[C@@H](CC(=O)O)C(=O)O)[C@@H](C)CC)[C@@H](C)CC.